The number of ether oxygens (including phenoxy) is 2. The van der Waals surface area contributed by atoms with Crippen molar-refractivity contribution in [2.24, 2.45) is 0 Å². The fourth-order valence-corrected chi connectivity index (χ4v) is 0.953. The first-order chi connectivity index (χ1) is 6.33. The summed E-state index contributed by atoms with van der Waals surface area (Å²) < 4.78 is 10.2. The molecule has 0 bridgehead atoms. The molecule has 0 radical (unpaired) electrons. The number of hydrogen-bond acceptors (Lipinski definition) is 3. The van der Waals surface area contributed by atoms with Gasteiger partial charge in [0.15, 0.2) is 0 Å². The molecule has 0 unspecified atom stereocenters. The Hall–Kier alpha value is -0.800. The van der Waals surface area contributed by atoms with Crippen molar-refractivity contribution < 1.29 is 9.47 Å². The quantitative estimate of drug-likeness (QED) is 0.541. The number of pyridine rings is 1. The summed E-state index contributed by atoms with van der Waals surface area (Å²) in [6.45, 7) is 1.35. The third-order valence-electron chi connectivity index (χ3n) is 1.46. The number of aromatic nitrogens is 1. The van der Waals surface area contributed by atoms with Gasteiger partial charge in [0, 0.05) is 20.1 Å². The Labute approximate surface area is 82.6 Å². The molecule has 0 fully saturated rings. The zero-order valence-corrected chi connectivity index (χ0v) is 8.25. The summed E-state index contributed by atoms with van der Waals surface area (Å²) in [4.78, 5) is 3.89. The van der Waals surface area contributed by atoms with E-state index in [9.17, 15) is 0 Å². The molecule has 0 saturated carbocycles. The van der Waals surface area contributed by atoms with E-state index in [1.165, 1.54) is 0 Å². The molecule has 0 aromatic carbocycles. The molecule has 0 aliphatic carbocycles. The van der Waals surface area contributed by atoms with Gasteiger partial charge >= 0.3 is 0 Å². The lowest BCUT2D eigenvalue weighted by molar-refractivity contribution is 0.172. The lowest BCUT2D eigenvalue weighted by atomic mass is 10.4. The van der Waals surface area contributed by atoms with Crippen LogP contribution >= 0.6 is 11.6 Å². The van der Waals surface area contributed by atoms with E-state index in [-0.39, 0.29) is 0 Å². The molecule has 0 saturated heterocycles. The van der Waals surface area contributed by atoms with Crippen molar-refractivity contribution in [2.75, 3.05) is 20.3 Å². The Balaban J connectivity index is 2.25. The van der Waals surface area contributed by atoms with E-state index in [1.54, 1.807) is 25.4 Å². The van der Waals surface area contributed by atoms with Crippen molar-refractivity contribution in [3.63, 3.8) is 0 Å². The van der Waals surface area contributed by atoms with Crippen molar-refractivity contribution in [3.05, 3.63) is 23.5 Å². The van der Waals surface area contributed by atoms with Crippen LogP contribution in [-0.2, 0) is 4.74 Å². The van der Waals surface area contributed by atoms with Crippen LogP contribution in [0.25, 0.3) is 0 Å². The first-order valence-electron chi connectivity index (χ1n) is 4.06. The molecule has 1 rings (SSSR count). The first-order valence-corrected chi connectivity index (χ1v) is 4.44. The summed E-state index contributed by atoms with van der Waals surface area (Å²) in [7, 11) is 1.67. The number of hydrogen-bond donors (Lipinski definition) is 0. The fraction of sp³-hybridized carbons (Fsp3) is 0.444. The lowest BCUT2D eigenvalue weighted by Crippen LogP contribution is -2.01. The average molecular weight is 202 g/mol. The van der Waals surface area contributed by atoms with Crippen molar-refractivity contribution in [1.82, 2.24) is 4.98 Å². The Morgan fingerprint density at radius 2 is 2.23 bits per heavy atom. The van der Waals surface area contributed by atoms with Crippen molar-refractivity contribution in [3.8, 4) is 5.75 Å². The van der Waals surface area contributed by atoms with E-state index in [4.69, 9.17) is 21.1 Å². The number of rotatable bonds is 5. The summed E-state index contributed by atoms with van der Waals surface area (Å²) in [6.07, 6.45) is 2.48. The van der Waals surface area contributed by atoms with Crippen LogP contribution in [0.5, 0.6) is 5.75 Å². The van der Waals surface area contributed by atoms with Crippen LogP contribution in [0.15, 0.2) is 18.3 Å². The molecule has 13 heavy (non-hydrogen) atoms. The largest absolute Gasteiger partial charge is 0.492 e. The molecule has 0 N–H and O–H groups in total. The minimum absolute atomic E-state index is 0.476. The molecule has 0 aliphatic heterocycles. The van der Waals surface area contributed by atoms with E-state index in [0.717, 1.165) is 12.2 Å². The van der Waals surface area contributed by atoms with Gasteiger partial charge in [0.05, 0.1) is 12.8 Å². The van der Waals surface area contributed by atoms with Crippen LogP contribution in [0.2, 0.25) is 5.15 Å². The Morgan fingerprint density at radius 3 is 2.85 bits per heavy atom. The molecule has 0 aliphatic rings. The van der Waals surface area contributed by atoms with Gasteiger partial charge in [-0.05, 0) is 12.1 Å². The van der Waals surface area contributed by atoms with Gasteiger partial charge in [0.1, 0.15) is 10.9 Å². The molecule has 0 amide bonds. The number of nitrogens with zero attached hydrogens (tertiary/aromatic N) is 1. The molecule has 1 heterocycles. The maximum atomic E-state index is 5.61. The highest BCUT2D eigenvalue weighted by atomic mass is 35.5. The zero-order valence-electron chi connectivity index (χ0n) is 7.50. The Bertz CT molecular complexity index is 238. The van der Waals surface area contributed by atoms with Gasteiger partial charge in [-0.2, -0.15) is 0 Å². The van der Waals surface area contributed by atoms with Gasteiger partial charge in [-0.3, -0.25) is 0 Å². The van der Waals surface area contributed by atoms with Crippen LogP contribution in [0.1, 0.15) is 6.42 Å². The summed E-state index contributed by atoms with van der Waals surface area (Å²) in [5.74, 6) is 0.737. The van der Waals surface area contributed by atoms with Crippen LogP contribution in [0.3, 0.4) is 0 Å². The highest BCUT2D eigenvalue weighted by Gasteiger charge is 1.93. The van der Waals surface area contributed by atoms with Crippen molar-refractivity contribution in [1.29, 1.82) is 0 Å². The van der Waals surface area contributed by atoms with E-state index in [0.29, 0.717) is 18.4 Å². The molecular formula is C9H12ClNO2. The highest BCUT2D eigenvalue weighted by molar-refractivity contribution is 6.29. The van der Waals surface area contributed by atoms with E-state index in [1.807, 2.05) is 0 Å². The Kier molecular flexibility index (Phi) is 4.57. The predicted molar refractivity (Wildman–Crippen MR) is 51.2 cm³/mol. The van der Waals surface area contributed by atoms with Crippen molar-refractivity contribution >= 4 is 11.6 Å². The maximum Gasteiger partial charge on any atom is 0.137 e. The minimum atomic E-state index is 0.476. The third kappa shape index (κ3) is 4.10. The summed E-state index contributed by atoms with van der Waals surface area (Å²) >= 11 is 5.61. The molecule has 72 valence electrons. The molecule has 0 spiro atoms. The smallest absolute Gasteiger partial charge is 0.137 e. The van der Waals surface area contributed by atoms with Gasteiger partial charge < -0.3 is 9.47 Å². The second-order valence-electron chi connectivity index (χ2n) is 2.51. The van der Waals surface area contributed by atoms with Gasteiger partial charge in [0.25, 0.3) is 0 Å². The SMILES string of the molecule is COCCCOc1ccc(Cl)nc1. The lowest BCUT2D eigenvalue weighted by Gasteiger charge is -2.04. The van der Waals surface area contributed by atoms with E-state index in [2.05, 4.69) is 4.98 Å². The maximum absolute atomic E-state index is 5.61. The molecule has 1 aromatic rings. The fourth-order valence-electron chi connectivity index (χ4n) is 0.841. The topological polar surface area (TPSA) is 31.4 Å². The molecule has 1 aromatic heterocycles. The average Bonchev–Trinajstić information content (AvgIpc) is 2.15. The van der Waals surface area contributed by atoms with Crippen LogP contribution in [0, 0.1) is 0 Å². The standard InChI is InChI=1S/C9H12ClNO2/c1-12-5-2-6-13-8-3-4-9(10)11-7-8/h3-4,7H,2,5-6H2,1H3. The van der Waals surface area contributed by atoms with Gasteiger partial charge in [0.2, 0.25) is 0 Å². The van der Waals surface area contributed by atoms with Gasteiger partial charge in [-0.25, -0.2) is 4.98 Å². The second kappa shape index (κ2) is 5.78. The molecule has 3 nitrogen and oxygen atoms in total. The number of halogens is 1. The normalized spacial score (nSPS) is 10.0. The van der Waals surface area contributed by atoms with Crippen LogP contribution in [0.4, 0.5) is 0 Å². The Morgan fingerprint density at radius 1 is 1.38 bits per heavy atom. The van der Waals surface area contributed by atoms with Crippen LogP contribution in [-0.4, -0.2) is 25.3 Å². The number of methoxy groups -OCH3 is 1. The summed E-state index contributed by atoms with van der Waals surface area (Å²) in [5, 5.41) is 0.476. The predicted octanol–water partition coefficient (Wildman–Crippen LogP) is 2.15. The second-order valence-corrected chi connectivity index (χ2v) is 2.90. The van der Waals surface area contributed by atoms with Gasteiger partial charge in [-0.15, -0.1) is 0 Å². The monoisotopic (exact) mass is 201 g/mol. The van der Waals surface area contributed by atoms with Gasteiger partial charge in [-0.1, -0.05) is 11.6 Å². The first kappa shape index (κ1) is 10.3. The van der Waals surface area contributed by atoms with E-state index < -0.39 is 0 Å². The summed E-state index contributed by atoms with van der Waals surface area (Å²) in [6, 6.07) is 3.50. The molecular weight excluding hydrogens is 190 g/mol. The molecule has 0 atom stereocenters. The summed E-state index contributed by atoms with van der Waals surface area (Å²) in [5.41, 5.74) is 0. The minimum Gasteiger partial charge on any atom is -0.492 e. The third-order valence-corrected chi connectivity index (χ3v) is 1.69. The molecule has 4 heteroatoms. The van der Waals surface area contributed by atoms with E-state index >= 15 is 0 Å². The van der Waals surface area contributed by atoms with Crippen LogP contribution < -0.4 is 4.74 Å². The highest BCUT2D eigenvalue weighted by Crippen LogP contribution is 2.11. The van der Waals surface area contributed by atoms with Crippen molar-refractivity contribution in [2.45, 2.75) is 6.42 Å². The zero-order chi connectivity index (χ0) is 9.52.